The maximum absolute atomic E-state index is 12.8. The van der Waals surface area contributed by atoms with E-state index in [-0.39, 0.29) is 0 Å². The molecule has 6 heterocycles. The van der Waals surface area contributed by atoms with Gasteiger partial charge in [-0.2, -0.15) is 0 Å². The van der Waals surface area contributed by atoms with Crippen molar-refractivity contribution in [2.24, 2.45) is 0 Å². The summed E-state index contributed by atoms with van der Waals surface area (Å²) in [5.41, 5.74) is 0. The average molecular weight is 1210 g/mol. The normalized spacial score (nSPS) is 46.3. The molecular formula is C45H78N2O35. The molecule has 0 aromatic carbocycles. The number of nitrogens with one attached hydrogen (secondary N) is 2. The van der Waals surface area contributed by atoms with Crippen LogP contribution in [0.4, 0.5) is 0 Å². The third-order valence-corrected chi connectivity index (χ3v) is 14.6. The molecule has 82 heavy (non-hydrogen) atoms. The fourth-order valence-electron chi connectivity index (χ4n) is 9.98. The van der Waals surface area contributed by atoms with Crippen LogP contribution in [0.1, 0.15) is 13.8 Å². The lowest BCUT2D eigenvalue weighted by atomic mass is 9.94. The fraction of sp³-hybridized carbons (Fsp3) is 0.956. The Kier molecular flexibility index (Phi) is 25.6. The molecule has 0 unspecified atom stereocenters. The van der Waals surface area contributed by atoms with Crippen LogP contribution in [-0.2, 0) is 66.4 Å². The van der Waals surface area contributed by atoms with Crippen LogP contribution < -0.4 is 10.6 Å². The summed E-state index contributed by atoms with van der Waals surface area (Å²) in [5.74, 6) is -1.70. The zero-order valence-corrected chi connectivity index (χ0v) is 43.8. The van der Waals surface area contributed by atoms with E-state index < -0.39 is 267 Å². The molecule has 6 aliphatic heterocycles. The first-order valence-electron chi connectivity index (χ1n) is 26.0. The molecular weight excluding hydrogens is 1130 g/mol. The van der Waals surface area contributed by atoms with Gasteiger partial charge in [-0.25, -0.2) is 0 Å². The van der Waals surface area contributed by atoms with Crippen LogP contribution in [0.25, 0.3) is 0 Å². The molecule has 0 saturated carbocycles. The molecule has 23 N–H and O–H groups in total. The molecule has 478 valence electrons. The molecule has 0 aromatic rings. The second-order valence-corrected chi connectivity index (χ2v) is 20.4. The first-order chi connectivity index (χ1) is 38.8. The van der Waals surface area contributed by atoms with E-state index in [4.69, 9.17) is 56.8 Å². The minimum atomic E-state index is -2.32. The van der Waals surface area contributed by atoms with E-state index in [9.17, 15) is 117 Å². The van der Waals surface area contributed by atoms with Gasteiger partial charge in [0.2, 0.25) is 11.8 Å². The summed E-state index contributed by atoms with van der Waals surface area (Å²) < 4.78 is 69.7. The Balaban J connectivity index is 1.38. The topological polar surface area (TPSA) is 594 Å². The van der Waals surface area contributed by atoms with Gasteiger partial charge in [0.15, 0.2) is 37.7 Å². The van der Waals surface area contributed by atoms with Gasteiger partial charge in [0.05, 0.1) is 58.9 Å². The summed E-state index contributed by atoms with van der Waals surface area (Å²) >= 11 is 0. The van der Waals surface area contributed by atoms with Crippen molar-refractivity contribution in [2.75, 3.05) is 52.9 Å². The summed E-state index contributed by atoms with van der Waals surface area (Å²) in [6.07, 6.45) is -63.1. The van der Waals surface area contributed by atoms with Gasteiger partial charge in [-0.3, -0.25) is 9.59 Å². The molecule has 33 atom stereocenters. The van der Waals surface area contributed by atoms with Gasteiger partial charge in [0, 0.05) is 13.8 Å². The summed E-state index contributed by atoms with van der Waals surface area (Å²) in [5, 5.41) is 230. The molecule has 0 spiro atoms. The van der Waals surface area contributed by atoms with Crippen molar-refractivity contribution in [3.8, 4) is 0 Å². The number of carbonyl (C=O) groups excluding carboxylic acids is 2. The van der Waals surface area contributed by atoms with Crippen molar-refractivity contribution in [1.29, 1.82) is 0 Å². The molecule has 6 rings (SSSR count). The van der Waals surface area contributed by atoms with Crippen molar-refractivity contribution in [3.63, 3.8) is 0 Å². The highest BCUT2D eigenvalue weighted by Crippen LogP contribution is 2.38. The monoisotopic (exact) mass is 1210 g/mol. The summed E-state index contributed by atoms with van der Waals surface area (Å²) in [7, 11) is 0. The summed E-state index contributed by atoms with van der Waals surface area (Å²) in [4.78, 5) is 24.7. The van der Waals surface area contributed by atoms with Crippen LogP contribution in [0.15, 0.2) is 0 Å². The molecule has 2 amide bonds. The van der Waals surface area contributed by atoms with E-state index >= 15 is 0 Å². The average Bonchev–Trinajstić information content (AvgIpc) is 2.65. The SMILES string of the molecule is CC(=O)N[C@H]1[C@H](O[C@@H]([C@H](O)[C@H](CO)NC(C)=O)[C@H](O)CO)O[C@H](CO)[C@@H](O[C@@H]2O[C@H](CO[C@H]3O[C@H](CO)[C@@H](O)[C@H](O[C@H]4O[C@H](CO)[C@@H](O)[C@H](O)[C@@H]4O)[C@@H]3O)[C@@H](O)[C@H](O[C@H]3O[C@H](CO)[C@@H](O)[C@H](O)[C@@H]3O)[C@@H]2O[C@@H]2OC[C@@H](O)[C@H](O)[C@H]2O)[C@@H]1O. The molecule has 6 aliphatic rings. The Labute approximate surface area is 464 Å². The van der Waals surface area contributed by atoms with Gasteiger partial charge in [-0.1, -0.05) is 0 Å². The van der Waals surface area contributed by atoms with E-state index in [1.807, 2.05) is 0 Å². The Morgan fingerprint density at radius 2 is 0.939 bits per heavy atom. The number of ether oxygens (including phenoxy) is 12. The van der Waals surface area contributed by atoms with Crippen LogP contribution >= 0.6 is 0 Å². The van der Waals surface area contributed by atoms with Crippen LogP contribution in [0.3, 0.4) is 0 Å². The number of hydrogen-bond acceptors (Lipinski definition) is 35. The first-order valence-corrected chi connectivity index (χ1v) is 26.0. The van der Waals surface area contributed by atoms with E-state index in [1.54, 1.807) is 0 Å². The lowest BCUT2D eigenvalue weighted by Crippen LogP contribution is -2.70. The Bertz CT molecular complexity index is 1960. The third-order valence-electron chi connectivity index (χ3n) is 14.6. The van der Waals surface area contributed by atoms with Gasteiger partial charge in [-0.15, -0.1) is 0 Å². The number of hydrogen-bond donors (Lipinski definition) is 23. The molecule has 0 bridgehead atoms. The maximum atomic E-state index is 12.8. The van der Waals surface area contributed by atoms with E-state index in [0.29, 0.717) is 0 Å². The van der Waals surface area contributed by atoms with Crippen LogP contribution in [-0.4, -0.2) is 374 Å². The molecule has 0 aromatic heterocycles. The minimum Gasteiger partial charge on any atom is -0.394 e. The van der Waals surface area contributed by atoms with E-state index in [1.165, 1.54) is 0 Å². The van der Waals surface area contributed by atoms with Crippen LogP contribution in [0.2, 0.25) is 0 Å². The molecule has 37 heteroatoms. The lowest BCUT2D eigenvalue weighted by molar-refractivity contribution is -0.404. The highest BCUT2D eigenvalue weighted by atomic mass is 16.8. The second-order valence-electron chi connectivity index (χ2n) is 20.4. The molecule has 6 saturated heterocycles. The smallest absolute Gasteiger partial charge is 0.217 e. The quantitative estimate of drug-likeness (QED) is 0.0427. The molecule has 6 fully saturated rings. The van der Waals surface area contributed by atoms with Crippen molar-refractivity contribution in [2.45, 2.75) is 216 Å². The number of rotatable bonds is 24. The standard InChI is InChI=1S/C45H78N2O35/c1-11(54)46-13(3-48)22(58)35(14(56)4-49)78-40-21(47-12(2)55)28(64)36(19(8-53)76-40)79-45-39(82-41-31(67)23(59)15(57)9-71-41)38(81-44-33(69)30(66)25(61)17(6-51)75-44)27(63)20(77-45)10-72-42-34(70)37(26(62)18(7-52)73-42)80-43-32(68)29(65)24(60)16(5-50)74-43/h13-45,48-53,56-70H,3-10H2,1-2H3,(H,46,54)(H,47,55)/t13-,14+,15+,16+,17+,18+,19+,20+,21+,22+,23-,24+,25+,26+,27+,28+,29-,30-,31+,32-,33-,34-,35+,36+,37-,38-,39-,40-,41-,42-,43+,44+,45-/m0/s1. The number of carbonyl (C=O) groups is 2. The Morgan fingerprint density at radius 1 is 0.463 bits per heavy atom. The second kappa shape index (κ2) is 30.5. The summed E-state index contributed by atoms with van der Waals surface area (Å²) in [6.45, 7) is -6.07. The van der Waals surface area contributed by atoms with Gasteiger partial charge in [-0.05, 0) is 0 Å². The van der Waals surface area contributed by atoms with Gasteiger partial charge >= 0.3 is 0 Å². The van der Waals surface area contributed by atoms with Crippen LogP contribution in [0.5, 0.6) is 0 Å². The lowest BCUT2D eigenvalue weighted by Gasteiger charge is -2.51. The molecule has 0 radical (unpaired) electrons. The third kappa shape index (κ3) is 15.5. The van der Waals surface area contributed by atoms with Gasteiger partial charge in [0.25, 0.3) is 0 Å². The molecule has 0 aliphatic carbocycles. The highest BCUT2D eigenvalue weighted by molar-refractivity contribution is 5.73. The van der Waals surface area contributed by atoms with Crippen LogP contribution in [0, 0.1) is 0 Å². The van der Waals surface area contributed by atoms with Gasteiger partial charge in [0.1, 0.15) is 159 Å². The largest absolute Gasteiger partial charge is 0.394 e. The van der Waals surface area contributed by atoms with Crippen molar-refractivity contribution in [1.82, 2.24) is 10.6 Å². The number of aliphatic hydroxyl groups is 21. The first kappa shape index (κ1) is 68.7. The fourth-order valence-corrected chi connectivity index (χ4v) is 9.98. The van der Waals surface area contributed by atoms with Crippen molar-refractivity contribution in [3.05, 3.63) is 0 Å². The van der Waals surface area contributed by atoms with E-state index in [2.05, 4.69) is 10.6 Å². The number of aliphatic hydroxyl groups excluding tert-OH is 21. The zero-order valence-electron chi connectivity index (χ0n) is 43.8. The van der Waals surface area contributed by atoms with Crippen molar-refractivity contribution < 1.29 is 174 Å². The van der Waals surface area contributed by atoms with Crippen molar-refractivity contribution >= 4 is 11.8 Å². The molecule has 37 nitrogen and oxygen atoms in total. The van der Waals surface area contributed by atoms with E-state index in [0.717, 1.165) is 13.8 Å². The minimum absolute atomic E-state index is 0.736. The summed E-state index contributed by atoms with van der Waals surface area (Å²) in [6, 6.07) is -3.49. The Morgan fingerprint density at radius 3 is 1.46 bits per heavy atom. The zero-order chi connectivity index (χ0) is 60.8. The number of amides is 2. The van der Waals surface area contributed by atoms with Gasteiger partial charge < -0.3 is 175 Å². The highest BCUT2D eigenvalue weighted by Gasteiger charge is 2.58. The predicted molar refractivity (Wildman–Crippen MR) is 251 cm³/mol. The Hall–Kier alpha value is -2.38. The predicted octanol–water partition coefficient (Wildman–Crippen LogP) is -15.7. The maximum Gasteiger partial charge on any atom is 0.217 e.